The number of hydrogen-bond donors (Lipinski definition) is 2. The predicted molar refractivity (Wildman–Crippen MR) is 111 cm³/mol. The molecule has 0 spiro atoms. The van der Waals surface area contributed by atoms with Crippen molar-refractivity contribution in [1.29, 1.82) is 0 Å². The van der Waals surface area contributed by atoms with Crippen LogP contribution in [0.4, 0.5) is 0 Å². The second kappa shape index (κ2) is 8.74. The molecule has 2 nitrogen and oxygen atoms in total. The molecule has 0 aliphatic rings. The zero-order valence-electron chi connectivity index (χ0n) is 19.2. The first-order valence-electron chi connectivity index (χ1n) is 10.4. The highest BCUT2D eigenvalue weighted by Crippen LogP contribution is 2.54. The van der Waals surface area contributed by atoms with Gasteiger partial charge in [0.25, 0.3) is 0 Å². The summed E-state index contributed by atoms with van der Waals surface area (Å²) in [5.41, 5.74) is -0.386. The van der Waals surface area contributed by atoms with Gasteiger partial charge < -0.3 is 10.2 Å². The molecule has 3 unspecified atom stereocenters. The Morgan fingerprint density at radius 2 is 1.24 bits per heavy atom. The van der Waals surface area contributed by atoms with Gasteiger partial charge in [0.1, 0.15) is 0 Å². The molecule has 2 heteroatoms. The Kier molecular flexibility index (Phi) is 8.71. The molecule has 0 aromatic heterocycles. The van der Waals surface area contributed by atoms with Crippen LogP contribution in [0.2, 0.25) is 0 Å². The van der Waals surface area contributed by atoms with Crippen LogP contribution in [0.5, 0.6) is 0 Å². The van der Waals surface area contributed by atoms with Crippen molar-refractivity contribution in [3.63, 3.8) is 0 Å². The van der Waals surface area contributed by atoms with Crippen LogP contribution in [0.3, 0.4) is 0 Å². The Labute approximate surface area is 158 Å². The van der Waals surface area contributed by atoms with Gasteiger partial charge in [-0.15, -0.1) is 0 Å². The van der Waals surface area contributed by atoms with E-state index < -0.39 is 5.60 Å². The van der Waals surface area contributed by atoms with E-state index in [9.17, 15) is 10.2 Å². The van der Waals surface area contributed by atoms with Crippen LogP contribution < -0.4 is 0 Å². The van der Waals surface area contributed by atoms with Crippen molar-refractivity contribution in [2.75, 3.05) is 0 Å². The molecule has 3 atom stereocenters. The second-order valence-electron chi connectivity index (χ2n) is 11.3. The third-order valence-corrected chi connectivity index (χ3v) is 6.13. The quantitative estimate of drug-likeness (QED) is 0.447. The van der Waals surface area contributed by atoms with E-state index in [0.717, 1.165) is 32.1 Å². The molecule has 0 heterocycles. The van der Waals surface area contributed by atoms with E-state index in [1.54, 1.807) is 0 Å². The van der Waals surface area contributed by atoms with Crippen LogP contribution in [-0.2, 0) is 0 Å². The van der Waals surface area contributed by atoms with E-state index in [-0.39, 0.29) is 28.3 Å². The molecule has 0 rings (SSSR count). The molecule has 152 valence electrons. The monoisotopic (exact) mass is 356 g/mol. The highest BCUT2D eigenvalue weighted by molar-refractivity contribution is 4.98. The Morgan fingerprint density at radius 3 is 1.56 bits per heavy atom. The number of rotatable bonds is 11. The lowest BCUT2D eigenvalue weighted by Gasteiger charge is -2.53. The first-order valence-corrected chi connectivity index (χ1v) is 10.4. The van der Waals surface area contributed by atoms with Gasteiger partial charge in [-0.3, -0.25) is 0 Å². The van der Waals surface area contributed by atoms with E-state index in [1.165, 1.54) is 0 Å². The normalized spacial score (nSPS) is 18.1. The van der Waals surface area contributed by atoms with Gasteiger partial charge in [0.05, 0.1) is 11.7 Å². The van der Waals surface area contributed by atoms with Gasteiger partial charge in [-0.25, -0.2) is 0 Å². The molecule has 0 aliphatic heterocycles. The Morgan fingerprint density at radius 1 is 0.800 bits per heavy atom. The van der Waals surface area contributed by atoms with Crippen molar-refractivity contribution >= 4 is 0 Å². The van der Waals surface area contributed by atoms with E-state index in [4.69, 9.17) is 0 Å². The van der Waals surface area contributed by atoms with Gasteiger partial charge in [-0.1, -0.05) is 68.2 Å². The van der Waals surface area contributed by atoms with Crippen LogP contribution in [-0.4, -0.2) is 21.9 Å². The maximum atomic E-state index is 10.6. The molecule has 0 fully saturated rings. The van der Waals surface area contributed by atoms with Gasteiger partial charge in [-0.2, -0.15) is 0 Å². The van der Waals surface area contributed by atoms with Crippen LogP contribution in [0.1, 0.15) is 108 Å². The molecule has 2 N–H and O–H groups in total. The summed E-state index contributed by atoms with van der Waals surface area (Å²) < 4.78 is 0. The average molecular weight is 357 g/mol. The number of aliphatic hydroxyl groups excluding tert-OH is 1. The topological polar surface area (TPSA) is 40.5 Å². The summed E-state index contributed by atoms with van der Waals surface area (Å²) in [5.74, 6) is 0.599. The molecule has 25 heavy (non-hydrogen) atoms. The molecule has 0 saturated heterocycles. The molecule has 0 radical (unpaired) electrons. The first-order chi connectivity index (χ1) is 11.0. The summed E-state index contributed by atoms with van der Waals surface area (Å²) in [6.07, 6.45) is 4.82. The minimum Gasteiger partial charge on any atom is -0.393 e. The zero-order chi connectivity index (χ0) is 20.3. The van der Waals surface area contributed by atoms with Crippen molar-refractivity contribution in [2.24, 2.45) is 28.1 Å². The minimum absolute atomic E-state index is 0.0532. The summed E-state index contributed by atoms with van der Waals surface area (Å²) in [6, 6.07) is 0. The fourth-order valence-electron chi connectivity index (χ4n) is 5.93. The van der Waals surface area contributed by atoms with Crippen molar-refractivity contribution in [2.45, 2.75) is 120 Å². The van der Waals surface area contributed by atoms with Crippen LogP contribution in [0.25, 0.3) is 0 Å². The predicted octanol–water partition coefficient (Wildman–Crippen LogP) is 6.44. The lowest BCUT2D eigenvalue weighted by atomic mass is 9.53. The molecule has 0 bridgehead atoms. The van der Waals surface area contributed by atoms with Crippen molar-refractivity contribution in [1.82, 2.24) is 0 Å². The molecular formula is C23H48O2. The minimum atomic E-state index is -0.701. The Bertz CT molecular complexity index is 385. The molecule has 0 saturated carbocycles. The van der Waals surface area contributed by atoms with Crippen LogP contribution in [0, 0.1) is 28.1 Å². The summed E-state index contributed by atoms with van der Waals surface area (Å²) in [6.45, 7) is 24.3. The number of aliphatic hydroxyl groups is 2. The maximum Gasteiger partial charge on any atom is 0.0597 e. The first kappa shape index (κ1) is 24.9. The molecule has 0 aromatic carbocycles. The van der Waals surface area contributed by atoms with Crippen LogP contribution >= 0.6 is 0 Å². The summed E-state index contributed by atoms with van der Waals surface area (Å²) in [5, 5.41) is 21.2. The van der Waals surface area contributed by atoms with Gasteiger partial charge in [-0.05, 0) is 68.1 Å². The molecule has 0 amide bonds. The van der Waals surface area contributed by atoms with E-state index in [1.807, 2.05) is 20.8 Å². The van der Waals surface area contributed by atoms with Crippen molar-refractivity contribution in [3.8, 4) is 0 Å². The third-order valence-electron chi connectivity index (χ3n) is 6.13. The number of hydrogen-bond acceptors (Lipinski definition) is 2. The van der Waals surface area contributed by atoms with Gasteiger partial charge in [0.2, 0.25) is 0 Å². The van der Waals surface area contributed by atoms with E-state index in [2.05, 4.69) is 55.4 Å². The lowest BCUT2D eigenvalue weighted by molar-refractivity contribution is -0.0846. The SMILES string of the molecule is CCCC(C(C)O)C(C(C)(C)CC(C)(C)O)C(C)(C)CC(C)(C)CC. The molecule has 0 aromatic rings. The Balaban J connectivity index is 6.04. The van der Waals surface area contributed by atoms with E-state index in [0.29, 0.717) is 5.92 Å². The Hall–Kier alpha value is -0.0800. The van der Waals surface area contributed by atoms with Crippen molar-refractivity contribution in [3.05, 3.63) is 0 Å². The summed E-state index contributed by atoms with van der Waals surface area (Å²) in [7, 11) is 0. The summed E-state index contributed by atoms with van der Waals surface area (Å²) in [4.78, 5) is 0. The van der Waals surface area contributed by atoms with Crippen molar-refractivity contribution < 1.29 is 10.2 Å². The fraction of sp³-hybridized carbons (Fsp3) is 1.00. The standard InChI is InChI=1S/C23H48O2/c1-12-14-18(17(3)24)19(22(8,9)16-23(10,11)25)21(6,7)15-20(4,5)13-2/h17-19,24-25H,12-16H2,1-11H3. The fourth-order valence-corrected chi connectivity index (χ4v) is 5.93. The summed E-state index contributed by atoms with van der Waals surface area (Å²) >= 11 is 0. The average Bonchev–Trinajstić information content (AvgIpc) is 2.33. The van der Waals surface area contributed by atoms with Crippen LogP contribution in [0.15, 0.2) is 0 Å². The highest BCUT2D eigenvalue weighted by atomic mass is 16.3. The third kappa shape index (κ3) is 7.99. The van der Waals surface area contributed by atoms with Gasteiger partial charge in [0.15, 0.2) is 0 Å². The lowest BCUT2D eigenvalue weighted by Crippen LogP contribution is -2.48. The van der Waals surface area contributed by atoms with Gasteiger partial charge >= 0.3 is 0 Å². The smallest absolute Gasteiger partial charge is 0.0597 e. The molecular weight excluding hydrogens is 308 g/mol. The van der Waals surface area contributed by atoms with Gasteiger partial charge in [0, 0.05) is 0 Å². The second-order valence-corrected chi connectivity index (χ2v) is 11.3. The largest absolute Gasteiger partial charge is 0.393 e. The highest BCUT2D eigenvalue weighted by Gasteiger charge is 2.48. The maximum absolute atomic E-state index is 10.6. The molecule has 0 aliphatic carbocycles. The zero-order valence-corrected chi connectivity index (χ0v) is 19.2. The van der Waals surface area contributed by atoms with E-state index >= 15 is 0 Å².